The predicted octanol–water partition coefficient (Wildman–Crippen LogP) is 1.25. The maximum Gasteiger partial charge on any atom is 0.195 e. The first-order chi connectivity index (χ1) is 6.84. The van der Waals surface area contributed by atoms with Crippen LogP contribution in [-0.4, -0.2) is 22.0 Å². The summed E-state index contributed by atoms with van der Waals surface area (Å²) in [4.78, 5) is 15.7. The number of hydrogen-bond donors (Lipinski definition) is 2. The standard InChI is InChI=1S/C11H16N2O2/c1-11(2,3)9(15)8(14)7-5-4-6-13-10(7)12/h4-6,9,15H,1-3H3,(H2,12,13). The number of nitrogens with zero attached hydrogens (tertiary/aromatic N) is 1. The molecule has 0 aliphatic heterocycles. The molecular formula is C11H16N2O2. The Hall–Kier alpha value is -1.42. The van der Waals surface area contributed by atoms with Crippen LogP contribution in [0, 0.1) is 5.41 Å². The number of carbonyl (C=O) groups excluding carboxylic acids is 1. The van der Waals surface area contributed by atoms with Crippen LogP contribution in [0.1, 0.15) is 31.1 Å². The van der Waals surface area contributed by atoms with E-state index in [1.165, 1.54) is 6.20 Å². The minimum absolute atomic E-state index is 0.158. The van der Waals surface area contributed by atoms with Gasteiger partial charge in [0.25, 0.3) is 0 Å². The van der Waals surface area contributed by atoms with Gasteiger partial charge in [-0.15, -0.1) is 0 Å². The second-order valence-corrected chi connectivity index (χ2v) is 4.57. The van der Waals surface area contributed by atoms with E-state index in [9.17, 15) is 9.90 Å². The maximum atomic E-state index is 11.8. The van der Waals surface area contributed by atoms with Crippen LogP contribution in [0.4, 0.5) is 5.82 Å². The van der Waals surface area contributed by atoms with Crippen molar-refractivity contribution in [3.8, 4) is 0 Å². The van der Waals surface area contributed by atoms with Crippen LogP contribution in [0.2, 0.25) is 0 Å². The Morgan fingerprint density at radius 3 is 2.60 bits per heavy atom. The minimum atomic E-state index is -1.07. The molecule has 0 aliphatic rings. The number of aromatic nitrogens is 1. The molecule has 1 unspecified atom stereocenters. The second kappa shape index (κ2) is 3.98. The van der Waals surface area contributed by atoms with Crippen molar-refractivity contribution < 1.29 is 9.90 Å². The molecular weight excluding hydrogens is 192 g/mol. The Morgan fingerprint density at radius 1 is 1.53 bits per heavy atom. The van der Waals surface area contributed by atoms with Gasteiger partial charge >= 0.3 is 0 Å². The molecule has 0 aliphatic carbocycles. The molecule has 4 heteroatoms. The molecule has 1 heterocycles. The third kappa shape index (κ3) is 2.53. The van der Waals surface area contributed by atoms with Gasteiger partial charge < -0.3 is 10.8 Å². The van der Waals surface area contributed by atoms with E-state index in [0.29, 0.717) is 0 Å². The Labute approximate surface area is 89.1 Å². The van der Waals surface area contributed by atoms with Crippen molar-refractivity contribution >= 4 is 11.6 Å². The van der Waals surface area contributed by atoms with E-state index < -0.39 is 11.5 Å². The average Bonchev–Trinajstić information content (AvgIpc) is 2.15. The smallest absolute Gasteiger partial charge is 0.195 e. The largest absolute Gasteiger partial charge is 0.384 e. The summed E-state index contributed by atoms with van der Waals surface area (Å²) in [6.45, 7) is 5.38. The van der Waals surface area contributed by atoms with E-state index >= 15 is 0 Å². The van der Waals surface area contributed by atoms with Crippen LogP contribution in [0.5, 0.6) is 0 Å². The van der Waals surface area contributed by atoms with E-state index in [1.54, 1.807) is 32.9 Å². The van der Waals surface area contributed by atoms with Crippen molar-refractivity contribution in [1.82, 2.24) is 4.98 Å². The third-order valence-electron chi connectivity index (χ3n) is 2.17. The second-order valence-electron chi connectivity index (χ2n) is 4.57. The Bertz CT molecular complexity index is 369. The molecule has 3 N–H and O–H groups in total. The van der Waals surface area contributed by atoms with Crippen LogP contribution < -0.4 is 5.73 Å². The van der Waals surface area contributed by atoms with Gasteiger partial charge in [0.05, 0.1) is 5.56 Å². The number of aliphatic hydroxyl groups is 1. The van der Waals surface area contributed by atoms with Gasteiger partial charge in [-0.3, -0.25) is 4.79 Å². The summed E-state index contributed by atoms with van der Waals surface area (Å²) in [6, 6.07) is 3.19. The lowest BCUT2D eigenvalue weighted by Gasteiger charge is -2.24. The lowest BCUT2D eigenvalue weighted by Crippen LogP contribution is -2.34. The first kappa shape index (κ1) is 11.7. The minimum Gasteiger partial charge on any atom is -0.384 e. The molecule has 0 amide bonds. The summed E-state index contributed by atoms with van der Waals surface area (Å²) in [5, 5.41) is 9.80. The van der Waals surface area contributed by atoms with Gasteiger partial charge in [-0.2, -0.15) is 0 Å². The van der Waals surface area contributed by atoms with Crippen molar-refractivity contribution in [3.05, 3.63) is 23.9 Å². The molecule has 1 rings (SSSR count). The fraction of sp³-hybridized carbons (Fsp3) is 0.455. The van der Waals surface area contributed by atoms with Crippen molar-refractivity contribution in [3.63, 3.8) is 0 Å². The van der Waals surface area contributed by atoms with Gasteiger partial charge in [0.2, 0.25) is 0 Å². The maximum absolute atomic E-state index is 11.8. The highest BCUT2D eigenvalue weighted by atomic mass is 16.3. The van der Waals surface area contributed by atoms with Crippen molar-refractivity contribution in [2.45, 2.75) is 26.9 Å². The van der Waals surface area contributed by atoms with Gasteiger partial charge in [-0.1, -0.05) is 20.8 Å². The first-order valence-electron chi connectivity index (χ1n) is 4.77. The summed E-state index contributed by atoms with van der Waals surface area (Å²) in [5.41, 5.74) is 5.34. The van der Waals surface area contributed by atoms with Gasteiger partial charge in [-0.05, 0) is 17.5 Å². The Balaban J connectivity index is 3.01. The van der Waals surface area contributed by atoms with E-state index in [0.717, 1.165) is 0 Å². The highest BCUT2D eigenvalue weighted by Gasteiger charge is 2.30. The van der Waals surface area contributed by atoms with E-state index in [2.05, 4.69) is 4.98 Å². The number of ketones is 1. The molecule has 0 fully saturated rings. The quantitative estimate of drug-likeness (QED) is 0.717. The average molecular weight is 208 g/mol. The molecule has 0 saturated heterocycles. The van der Waals surface area contributed by atoms with Gasteiger partial charge in [0.15, 0.2) is 5.78 Å². The number of nitrogen functional groups attached to an aromatic ring is 1. The zero-order valence-electron chi connectivity index (χ0n) is 9.19. The van der Waals surface area contributed by atoms with E-state index in [4.69, 9.17) is 5.73 Å². The number of rotatable bonds is 2. The Kier molecular flexibility index (Phi) is 3.09. The molecule has 1 aromatic heterocycles. The molecule has 15 heavy (non-hydrogen) atoms. The van der Waals surface area contributed by atoms with E-state index in [-0.39, 0.29) is 17.2 Å². The molecule has 0 bridgehead atoms. The number of aliphatic hydroxyl groups excluding tert-OH is 1. The molecule has 0 aromatic carbocycles. The zero-order valence-corrected chi connectivity index (χ0v) is 9.19. The Morgan fingerprint density at radius 2 is 2.13 bits per heavy atom. The molecule has 0 saturated carbocycles. The van der Waals surface area contributed by atoms with Crippen LogP contribution in [0.25, 0.3) is 0 Å². The summed E-state index contributed by atoms with van der Waals surface area (Å²) in [6.07, 6.45) is 0.444. The molecule has 1 atom stereocenters. The van der Waals surface area contributed by atoms with Crippen LogP contribution in [0.15, 0.2) is 18.3 Å². The highest BCUT2D eigenvalue weighted by Crippen LogP contribution is 2.23. The van der Waals surface area contributed by atoms with E-state index in [1.807, 2.05) is 0 Å². The summed E-state index contributed by atoms with van der Waals surface area (Å²) < 4.78 is 0. The lowest BCUT2D eigenvalue weighted by atomic mass is 9.85. The SMILES string of the molecule is CC(C)(C)C(O)C(=O)c1cccnc1N. The third-order valence-corrected chi connectivity index (χ3v) is 2.17. The predicted molar refractivity (Wildman–Crippen MR) is 58.4 cm³/mol. The monoisotopic (exact) mass is 208 g/mol. The molecule has 1 aromatic rings. The summed E-state index contributed by atoms with van der Waals surface area (Å²) in [5.74, 6) is -0.223. The van der Waals surface area contributed by atoms with Crippen LogP contribution in [0.3, 0.4) is 0 Å². The molecule has 0 spiro atoms. The first-order valence-corrected chi connectivity index (χ1v) is 4.77. The summed E-state index contributed by atoms with van der Waals surface area (Å²) in [7, 11) is 0. The molecule has 4 nitrogen and oxygen atoms in total. The van der Waals surface area contributed by atoms with Gasteiger partial charge in [0, 0.05) is 6.20 Å². The number of nitrogens with two attached hydrogens (primary N) is 1. The highest BCUT2D eigenvalue weighted by molar-refractivity contribution is 6.03. The summed E-state index contributed by atoms with van der Waals surface area (Å²) >= 11 is 0. The normalized spacial score (nSPS) is 13.6. The number of carbonyl (C=O) groups is 1. The van der Waals surface area contributed by atoms with Crippen molar-refractivity contribution in [1.29, 1.82) is 0 Å². The van der Waals surface area contributed by atoms with Gasteiger partial charge in [0.1, 0.15) is 11.9 Å². The molecule has 0 radical (unpaired) electrons. The number of anilines is 1. The van der Waals surface area contributed by atoms with Crippen molar-refractivity contribution in [2.75, 3.05) is 5.73 Å². The van der Waals surface area contributed by atoms with Crippen molar-refractivity contribution in [2.24, 2.45) is 5.41 Å². The fourth-order valence-corrected chi connectivity index (χ4v) is 1.17. The van der Waals surface area contributed by atoms with Gasteiger partial charge in [-0.25, -0.2) is 4.98 Å². The fourth-order valence-electron chi connectivity index (χ4n) is 1.17. The molecule has 82 valence electrons. The number of Topliss-reactive ketones (excluding diaryl/α,β-unsaturated/α-hetero) is 1. The number of pyridine rings is 1. The zero-order chi connectivity index (χ0) is 11.6. The van der Waals surface area contributed by atoms with Crippen LogP contribution >= 0.6 is 0 Å². The van der Waals surface area contributed by atoms with Crippen LogP contribution in [-0.2, 0) is 0 Å². The lowest BCUT2D eigenvalue weighted by molar-refractivity contribution is 0.0443. The number of hydrogen-bond acceptors (Lipinski definition) is 4. The topological polar surface area (TPSA) is 76.2 Å².